The Labute approximate surface area is 277 Å². The number of guanidine groups is 1. The average Bonchev–Trinajstić information content (AvgIpc) is 3.03. The number of carbonyl (C=O) groups is 3. The number of nitrogens with two attached hydrogens (primary N) is 4. The molecule has 0 aliphatic heterocycles. The highest BCUT2D eigenvalue weighted by Crippen LogP contribution is 2.33. The van der Waals surface area contributed by atoms with Crippen LogP contribution >= 0.6 is 12.4 Å². The molecule has 3 amide bonds. The van der Waals surface area contributed by atoms with Gasteiger partial charge >= 0.3 is 0 Å². The Hall–Kier alpha value is -4.12. The minimum atomic E-state index is -0.903. The SMILES string of the molecule is Cl.N=C(N)c1ccc(CC(C(=O)N[C@H](C(=O)N[C@@H](CCCN=C(N)N)C(N)=O)C2CCCCC2)C2CCc3ccccc3C2)cc1. The van der Waals surface area contributed by atoms with Gasteiger partial charge in [0.25, 0.3) is 0 Å². The summed E-state index contributed by atoms with van der Waals surface area (Å²) in [6.07, 6.45) is 8.44. The van der Waals surface area contributed by atoms with Crippen molar-refractivity contribution in [3.8, 4) is 0 Å². The maximum absolute atomic E-state index is 14.3. The zero-order valence-electron chi connectivity index (χ0n) is 26.4. The summed E-state index contributed by atoms with van der Waals surface area (Å²) in [5, 5.41) is 13.7. The van der Waals surface area contributed by atoms with E-state index in [0.29, 0.717) is 24.9 Å². The van der Waals surface area contributed by atoms with Crippen molar-refractivity contribution in [2.75, 3.05) is 6.54 Å². The van der Waals surface area contributed by atoms with Crippen LogP contribution in [-0.2, 0) is 33.6 Å². The van der Waals surface area contributed by atoms with Gasteiger partial charge < -0.3 is 33.6 Å². The largest absolute Gasteiger partial charge is 0.384 e. The molecule has 2 aliphatic rings. The van der Waals surface area contributed by atoms with Crippen molar-refractivity contribution in [3.63, 3.8) is 0 Å². The third-order valence-electron chi connectivity index (χ3n) is 9.32. The van der Waals surface area contributed by atoms with Crippen LogP contribution in [0, 0.1) is 23.2 Å². The Morgan fingerprint density at radius 1 is 0.848 bits per heavy atom. The van der Waals surface area contributed by atoms with E-state index >= 15 is 0 Å². The van der Waals surface area contributed by atoms with Gasteiger partial charge in [0.1, 0.15) is 17.9 Å². The van der Waals surface area contributed by atoms with Gasteiger partial charge in [0.05, 0.1) is 0 Å². The van der Waals surface area contributed by atoms with E-state index in [0.717, 1.165) is 56.9 Å². The summed E-state index contributed by atoms with van der Waals surface area (Å²) in [6.45, 7) is 0.310. The molecule has 0 spiro atoms. The summed E-state index contributed by atoms with van der Waals surface area (Å²) in [7, 11) is 0. The number of hydrogen-bond donors (Lipinski definition) is 7. The van der Waals surface area contributed by atoms with Crippen LogP contribution in [0.4, 0.5) is 0 Å². The number of hydrogen-bond acceptors (Lipinski definition) is 5. The second-order valence-electron chi connectivity index (χ2n) is 12.5. The van der Waals surface area contributed by atoms with Crippen molar-refractivity contribution in [3.05, 3.63) is 70.8 Å². The molecule has 12 heteroatoms. The summed E-state index contributed by atoms with van der Waals surface area (Å²) in [5.74, 6) is -1.59. The van der Waals surface area contributed by atoms with E-state index in [1.165, 1.54) is 11.1 Å². The van der Waals surface area contributed by atoms with Gasteiger partial charge in [-0.15, -0.1) is 12.4 Å². The number of aryl methyl sites for hydroxylation is 1. The lowest BCUT2D eigenvalue weighted by atomic mass is 9.74. The average molecular weight is 653 g/mol. The molecule has 4 rings (SSSR count). The fourth-order valence-corrected chi connectivity index (χ4v) is 6.79. The molecule has 2 aliphatic carbocycles. The third-order valence-corrected chi connectivity index (χ3v) is 9.32. The van der Waals surface area contributed by atoms with Gasteiger partial charge in [0.2, 0.25) is 17.7 Å². The molecule has 11 N–H and O–H groups in total. The van der Waals surface area contributed by atoms with Crippen molar-refractivity contribution in [1.82, 2.24) is 10.6 Å². The molecule has 4 atom stereocenters. The van der Waals surface area contributed by atoms with Crippen molar-refractivity contribution in [1.29, 1.82) is 5.41 Å². The molecule has 2 unspecified atom stereocenters. The van der Waals surface area contributed by atoms with Gasteiger partial charge in [0, 0.05) is 18.0 Å². The van der Waals surface area contributed by atoms with Gasteiger partial charge in [-0.1, -0.05) is 67.8 Å². The van der Waals surface area contributed by atoms with Crippen LogP contribution in [-0.4, -0.2) is 48.1 Å². The Kier molecular flexibility index (Phi) is 13.9. The fraction of sp³-hybridized carbons (Fsp3) is 0.500. The predicted octanol–water partition coefficient (Wildman–Crippen LogP) is 2.45. The van der Waals surface area contributed by atoms with E-state index in [4.69, 9.17) is 28.3 Å². The van der Waals surface area contributed by atoms with Gasteiger partial charge in [-0.25, -0.2) is 0 Å². The molecule has 2 aromatic rings. The summed E-state index contributed by atoms with van der Waals surface area (Å²) in [6, 6.07) is 14.1. The molecular weight excluding hydrogens is 604 g/mol. The number of carbonyl (C=O) groups excluding carboxylic acids is 3. The number of amides is 3. The molecule has 1 saturated carbocycles. The molecule has 0 heterocycles. The minimum absolute atomic E-state index is 0. The first-order valence-corrected chi connectivity index (χ1v) is 16.1. The number of nitrogens with zero attached hydrogens (tertiary/aromatic N) is 1. The van der Waals surface area contributed by atoms with Gasteiger partial charge in [-0.05, 0) is 79.9 Å². The molecule has 2 aromatic carbocycles. The van der Waals surface area contributed by atoms with Crippen molar-refractivity contribution < 1.29 is 14.4 Å². The van der Waals surface area contributed by atoms with Crippen LogP contribution in [0.5, 0.6) is 0 Å². The number of rotatable bonds is 14. The number of nitrogen functional groups attached to an aromatic ring is 1. The molecule has 11 nitrogen and oxygen atoms in total. The van der Waals surface area contributed by atoms with Crippen LogP contribution in [0.15, 0.2) is 53.5 Å². The summed E-state index contributed by atoms with van der Waals surface area (Å²) >= 11 is 0. The quantitative estimate of drug-likeness (QED) is 0.0923. The highest BCUT2D eigenvalue weighted by Gasteiger charge is 2.37. The zero-order valence-corrected chi connectivity index (χ0v) is 27.2. The number of halogens is 1. The molecule has 46 heavy (non-hydrogen) atoms. The lowest BCUT2D eigenvalue weighted by Crippen LogP contribution is -2.57. The standard InChI is InChI=1S/C34H48N8O3.ClH/c35-30(36)24-14-12-21(13-15-24)19-27(26-17-16-22-7-4-5-10-25(22)20-26)32(44)42-29(23-8-2-1-3-9-23)33(45)41-28(31(37)43)11-6-18-40-34(38)39;/h4-5,7,10,12-15,23,26-29H,1-3,6,8-9,11,16-20H2,(H3,35,36)(H2,37,43)(H,41,45)(H,42,44)(H4,38,39,40);1H/t26?,27?,28-,29-;/m0./s1. The first-order chi connectivity index (χ1) is 21.6. The Morgan fingerprint density at radius 2 is 1.52 bits per heavy atom. The maximum Gasteiger partial charge on any atom is 0.243 e. The lowest BCUT2D eigenvalue weighted by molar-refractivity contribution is -0.135. The van der Waals surface area contributed by atoms with Gasteiger partial charge in [-0.3, -0.25) is 24.8 Å². The van der Waals surface area contributed by atoms with Crippen LogP contribution in [0.2, 0.25) is 0 Å². The summed E-state index contributed by atoms with van der Waals surface area (Å²) in [5.41, 5.74) is 26.3. The number of amidine groups is 1. The van der Waals surface area contributed by atoms with E-state index in [9.17, 15) is 14.4 Å². The minimum Gasteiger partial charge on any atom is -0.384 e. The summed E-state index contributed by atoms with van der Waals surface area (Å²) in [4.78, 5) is 44.4. The first kappa shape index (κ1) is 36.3. The number of primary amides is 1. The first-order valence-electron chi connectivity index (χ1n) is 16.1. The van der Waals surface area contributed by atoms with E-state index in [1.54, 1.807) is 12.1 Å². The molecule has 1 fully saturated rings. The van der Waals surface area contributed by atoms with Gasteiger partial charge in [0.15, 0.2) is 5.96 Å². The zero-order chi connectivity index (χ0) is 32.3. The van der Waals surface area contributed by atoms with Crippen molar-refractivity contribution >= 4 is 41.9 Å². The van der Waals surface area contributed by atoms with E-state index in [-0.39, 0.29) is 60.2 Å². The normalized spacial score (nSPS) is 18.0. The maximum atomic E-state index is 14.3. The Balaban J connectivity index is 0.00000576. The number of benzene rings is 2. The molecule has 0 bridgehead atoms. The van der Waals surface area contributed by atoms with Crippen LogP contribution in [0.3, 0.4) is 0 Å². The molecule has 250 valence electrons. The third kappa shape index (κ3) is 10.2. The van der Waals surface area contributed by atoms with E-state index in [2.05, 4.69) is 27.8 Å². The van der Waals surface area contributed by atoms with Crippen LogP contribution in [0.25, 0.3) is 0 Å². The topological polar surface area (TPSA) is 216 Å². The monoisotopic (exact) mass is 652 g/mol. The molecule has 0 radical (unpaired) electrons. The molecule has 0 aromatic heterocycles. The van der Waals surface area contributed by atoms with Crippen molar-refractivity contribution in [2.45, 2.75) is 82.7 Å². The van der Waals surface area contributed by atoms with Crippen LogP contribution in [0.1, 0.15) is 73.6 Å². The fourth-order valence-electron chi connectivity index (χ4n) is 6.79. The molecular formula is C34H49ClN8O3. The van der Waals surface area contributed by atoms with E-state index < -0.39 is 18.0 Å². The van der Waals surface area contributed by atoms with Crippen molar-refractivity contribution in [2.24, 2.45) is 45.7 Å². The Morgan fingerprint density at radius 3 is 2.15 bits per heavy atom. The highest BCUT2D eigenvalue weighted by molar-refractivity contribution is 5.95. The summed E-state index contributed by atoms with van der Waals surface area (Å²) < 4.78 is 0. The number of fused-ring (bicyclic) bond motifs is 1. The van der Waals surface area contributed by atoms with Gasteiger partial charge in [-0.2, -0.15) is 0 Å². The lowest BCUT2D eigenvalue weighted by Gasteiger charge is -2.35. The predicted molar refractivity (Wildman–Crippen MR) is 183 cm³/mol. The highest BCUT2D eigenvalue weighted by atomic mass is 35.5. The Bertz CT molecular complexity index is 1370. The second-order valence-corrected chi connectivity index (χ2v) is 12.5. The van der Waals surface area contributed by atoms with Crippen LogP contribution < -0.4 is 33.6 Å². The molecule has 0 saturated heterocycles. The second kappa shape index (κ2) is 17.5. The smallest absolute Gasteiger partial charge is 0.243 e. The number of aliphatic imine (C=N–C) groups is 1. The van der Waals surface area contributed by atoms with E-state index in [1.807, 2.05) is 24.3 Å². The number of nitrogens with one attached hydrogen (secondary N) is 3.